The second-order valence-electron chi connectivity index (χ2n) is 5.22. The van der Waals surface area contributed by atoms with E-state index in [1.807, 2.05) is 35.8 Å². The molecule has 1 aromatic carbocycles. The van der Waals surface area contributed by atoms with Crippen molar-refractivity contribution in [2.24, 2.45) is 10.1 Å². The largest absolute Gasteiger partial charge is 0.493 e. The summed E-state index contributed by atoms with van der Waals surface area (Å²) in [7, 11) is 6.52. The Bertz CT molecular complexity index is 946. The van der Waals surface area contributed by atoms with Crippen LogP contribution in [0.3, 0.4) is 0 Å². The average molecular weight is 372 g/mol. The molecule has 1 N–H and O–H groups in total. The van der Waals surface area contributed by atoms with Crippen LogP contribution in [0.15, 0.2) is 45.9 Å². The Morgan fingerprint density at radius 2 is 1.85 bits per heavy atom. The van der Waals surface area contributed by atoms with Crippen LogP contribution in [0.2, 0.25) is 0 Å². The van der Waals surface area contributed by atoms with Crippen LogP contribution < -0.4 is 19.0 Å². The minimum atomic E-state index is 0.552. The van der Waals surface area contributed by atoms with Gasteiger partial charge in [0.2, 0.25) is 10.6 Å². The molecule has 0 aliphatic rings. The summed E-state index contributed by atoms with van der Waals surface area (Å²) >= 11 is 1.50. The van der Waals surface area contributed by atoms with Crippen LogP contribution in [0, 0.1) is 0 Å². The van der Waals surface area contributed by atoms with E-state index in [1.54, 1.807) is 39.3 Å². The fourth-order valence-corrected chi connectivity index (χ4v) is 3.34. The van der Waals surface area contributed by atoms with Crippen molar-refractivity contribution in [3.8, 4) is 28.5 Å². The van der Waals surface area contributed by atoms with Crippen molar-refractivity contribution in [3.05, 3.63) is 46.3 Å². The number of nitrogens with one attached hydrogen (secondary N) is 1. The summed E-state index contributed by atoms with van der Waals surface area (Å²) in [5.41, 5.74) is 2.66. The molecular weight excluding hydrogens is 352 g/mol. The van der Waals surface area contributed by atoms with E-state index in [0.29, 0.717) is 17.2 Å². The van der Waals surface area contributed by atoms with Crippen LogP contribution in [0.25, 0.3) is 11.3 Å². The van der Waals surface area contributed by atoms with Crippen molar-refractivity contribution < 1.29 is 14.2 Å². The van der Waals surface area contributed by atoms with Crippen LogP contribution in [0.5, 0.6) is 17.2 Å². The first-order valence-electron chi connectivity index (χ1n) is 7.83. The van der Waals surface area contributed by atoms with Gasteiger partial charge in [-0.1, -0.05) is 0 Å². The quantitative estimate of drug-likeness (QED) is 0.676. The van der Waals surface area contributed by atoms with Gasteiger partial charge < -0.3 is 19.2 Å². The van der Waals surface area contributed by atoms with Gasteiger partial charge in [0.1, 0.15) is 0 Å². The van der Waals surface area contributed by atoms with Gasteiger partial charge in [-0.15, -0.1) is 11.3 Å². The number of methoxy groups -OCH3 is 3. The van der Waals surface area contributed by atoms with E-state index < -0.39 is 0 Å². The van der Waals surface area contributed by atoms with Crippen LogP contribution in [-0.4, -0.2) is 44.3 Å². The van der Waals surface area contributed by atoms with Gasteiger partial charge in [-0.3, -0.25) is 4.99 Å². The van der Waals surface area contributed by atoms with Crippen molar-refractivity contribution in [2.75, 3.05) is 28.4 Å². The number of benzene rings is 1. The number of H-pyrrole nitrogens is 1. The molecule has 8 heteroatoms. The molecule has 7 nitrogen and oxygen atoms in total. The molecule has 2 heterocycles. The van der Waals surface area contributed by atoms with Crippen LogP contribution in [-0.2, 0) is 0 Å². The molecule has 0 spiro atoms. The maximum absolute atomic E-state index is 5.46. The summed E-state index contributed by atoms with van der Waals surface area (Å²) in [4.78, 5) is 8.18. The summed E-state index contributed by atoms with van der Waals surface area (Å²) in [5, 5.41) is 6.57. The van der Waals surface area contributed by atoms with E-state index >= 15 is 0 Å². The summed E-state index contributed by atoms with van der Waals surface area (Å²) in [6.07, 6.45) is 3.60. The first kappa shape index (κ1) is 17.8. The molecule has 136 valence electrons. The molecular formula is C18H20N4O3S. The van der Waals surface area contributed by atoms with E-state index in [4.69, 9.17) is 14.2 Å². The Hall–Kier alpha value is -3.00. The monoisotopic (exact) mass is 372 g/mol. The highest BCUT2D eigenvalue weighted by Crippen LogP contribution is 2.41. The number of rotatable bonds is 6. The average Bonchev–Trinajstić information content (AvgIpc) is 3.34. The fraction of sp³-hybridized carbons (Fsp3) is 0.222. The van der Waals surface area contributed by atoms with Crippen molar-refractivity contribution in [2.45, 2.75) is 0 Å². The van der Waals surface area contributed by atoms with Crippen molar-refractivity contribution in [3.63, 3.8) is 0 Å². The SMILES string of the molecule is CN=c1scc(-c2cc(OC)c(OC)c(OC)c2)n1N=Cc1ccc[nH]1. The third-order valence-corrected chi connectivity index (χ3v) is 4.68. The number of ether oxygens (including phenoxy) is 3. The van der Waals surface area contributed by atoms with Gasteiger partial charge >= 0.3 is 0 Å². The topological polar surface area (TPSA) is 73.1 Å². The van der Waals surface area contributed by atoms with Crippen molar-refractivity contribution in [1.29, 1.82) is 0 Å². The Morgan fingerprint density at radius 3 is 2.38 bits per heavy atom. The highest BCUT2D eigenvalue weighted by atomic mass is 32.1. The number of hydrogen-bond donors (Lipinski definition) is 1. The molecule has 0 radical (unpaired) electrons. The maximum Gasteiger partial charge on any atom is 0.205 e. The number of hydrogen-bond acceptors (Lipinski definition) is 6. The number of aromatic nitrogens is 2. The molecule has 3 aromatic rings. The fourth-order valence-electron chi connectivity index (χ4n) is 2.53. The zero-order valence-electron chi connectivity index (χ0n) is 15.0. The lowest BCUT2D eigenvalue weighted by molar-refractivity contribution is 0.324. The Morgan fingerprint density at radius 1 is 1.12 bits per heavy atom. The predicted molar refractivity (Wildman–Crippen MR) is 103 cm³/mol. The smallest absolute Gasteiger partial charge is 0.205 e. The third kappa shape index (κ3) is 3.36. The molecule has 0 saturated heterocycles. The standard InChI is InChI=1S/C18H20N4O3S/c1-19-18-22(21-10-13-6-5-7-20-13)14(11-26-18)12-8-15(23-2)17(25-4)16(9-12)24-3/h5-11,20H,1-4H3. The summed E-state index contributed by atoms with van der Waals surface area (Å²) < 4.78 is 18.1. The van der Waals surface area contributed by atoms with E-state index in [9.17, 15) is 0 Å². The predicted octanol–water partition coefficient (Wildman–Crippen LogP) is 2.98. The molecule has 0 bridgehead atoms. The Kier molecular flexibility index (Phi) is 5.43. The van der Waals surface area contributed by atoms with Gasteiger partial charge in [-0.25, -0.2) is 4.68 Å². The molecule has 0 amide bonds. The van der Waals surface area contributed by atoms with Gasteiger partial charge in [0.05, 0.1) is 38.9 Å². The lowest BCUT2D eigenvalue weighted by Crippen LogP contribution is -2.11. The van der Waals surface area contributed by atoms with Crippen LogP contribution in [0.4, 0.5) is 0 Å². The third-order valence-electron chi connectivity index (χ3n) is 3.77. The Labute approximate surface area is 155 Å². The van der Waals surface area contributed by atoms with Crippen LogP contribution in [0.1, 0.15) is 5.69 Å². The second kappa shape index (κ2) is 7.92. The Balaban J connectivity index is 2.14. The molecule has 0 unspecified atom stereocenters. The van der Waals surface area contributed by atoms with E-state index in [0.717, 1.165) is 21.8 Å². The van der Waals surface area contributed by atoms with E-state index in [2.05, 4.69) is 15.1 Å². The first-order valence-corrected chi connectivity index (χ1v) is 8.71. The molecule has 26 heavy (non-hydrogen) atoms. The summed E-state index contributed by atoms with van der Waals surface area (Å²) in [6, 6.07) is 7.65. The number of thiazole rings is 1. The maximum atomic E-state index is 5.46. The van der Waals surface area contributed by atoms with Gasteiger partial charge in [-0.2, -0.15) is 5.10 Å². The minimum absolute atomic E-state index is 0.552. The molecule has 3 rings (SSSR count). The van der Waals surface area contributed by atoms with Crippen LogP contribution >= 0.6 is 11.3 Å². The van der Waals surface area contributed by atoms with Gasteiger partial charge in [0.15, 0.2) is 11.5 Å². The number of nitrogens with zero attached hydrogens (tertiary/aromatic N) is 3. The van der Waals surface area contributed by atoms with Crippen molar-refractivity contribution >= 4 is 17.6 Å². The highest BCUT2D eigenvalue weighted by molar-refractivity contribution is 7.07. The highest BCUT2D eigenvalue weighted by Gasteiger charge is 2.16. The normalized spacial score (nSPS) is 11.9. The zero-order chi connectivity index (χ0) is 18.5. The van der Waals surface area contributed by atoms with Gasteiger partial charge in [0, 0.05) is 24.2 Å². The van der Waals surface area contributed by atoms with Gasteiger partial charge in [0.25, 0.3) is 0 Å². The summed E-state index contributed by atoms with van der Waals surface area (Å²) in [5.74, 6) is 1.72. The minimum Gasteiger partial charge on any atom is -0.493 e. The first-order chi connectivity index (χ1) is 12.7. The van der Waals surface area contributed by atoms with E-state index in [1.165, 1.54) is 11.3 Å². The zero-order valence-corrected chi connectivity index (χ0v) is 15.8. The molecule has 0 aliphatic carbocycles. The molecule has 0 atom stereocenters. The molecule has 0 aliphatic heterocycles. The van der Waals surface area contributed by atoms with Gasteiger partial charge in [-0.05, 0) is 24.3 Å². The lowest BCUT2D eigenvalue weighted by Gasteiger charge is -2.14. The van der Waals surface area contributed by atoms with E-state index in [-0.39, 0.29) is 0 Å². The number of aromatic amines is 1. The van der Waals surface area contributed by atoms with Crippen molar-refractivity contribution in [1.82, 2.24) is 9.66 Å². The summed E-state index contributed by atoms with van der Waals surface area (Å²) in [6.45, 7) is 0. The lowest BCUT2D eigenvalue weighted by atomic mass is 10.1. The molecule has 0 saturated carbocycles. The molecule has 2 aromatic heterocycles. The molecule has 0 fully saturated rings. The second-order valence-corrected chi connectivity index (χ2v) is 6.06.